The Bertz CT molecular complexity index is 1140. The van der Waals surface area contributed by atoms with E-state index in [1.54, 1.807) is 6.07 Å². The molecular weight excluding hydrogens is 458 g/mol. The third kappa shape index (κ3) is 7.18. The van der Waals surface area contributed by atoms with E-state index in [2.05, 4.69) is 76.3 Å². The van der Waals surface area contributed by atoms with Crippen LogP contribution < -0.4 is 10.1 Å². The van der Waals surface area contributed by atoms with Crippen LogP contribution in [-0.4, -0.2) is 23.5 Å². The van der Waals surface area contributed by atoms with Gasteiger partial charge in [-0.05, 0) is 84.7 Å². The number of hydrogen-bond donors (Lipinski definition) is 2. The summed E-state index contributed by atoms with van der Waals surface area (Å²) in [6.45, 7) is 10.8. The Morgan fingerprint density at radius 2 is 1.69 bits per heavy atom. The number of hydrogen-bond acceptors (Lipinski definition) is 4. The van der Waals surface area contributed by atoms with Gasteiger partial charge in [0.1, 0.15) is 11.9 Å². The highest BCUT2D eigenvalue weighted by Gasteiger charge is 2.21. The highest BCUT2D eigenvalue weighted by molar-refractivity contribution is 7.14. The van der Waals surface area contributed by atoms with Gasteiger partial charge in [0.05, 0.1) is 11.3 Å². The SMILES string of the molecule is CCc1ccc(-c2c(C)cc(O[C@H](CC(C)C)c3ccc(C(=O)NCCC(=O)O)s3)cc2C)cc1. The van der Waals surface area contributed by atoms with E-state index in [9.17, 15) is 9.59 Å². The van der Waals surface area contributed by atoms with Crippen LogP contribution in [0, 0.1) is 19.8 Å². The number of carbonyl (C=O) groups is 2. The maximum atomic E-state index is 12.4. The van der Waals surface area contributed by atoms with Gasteiger partial charge in [0, 0.05) is 11.4 Å². The van der Waals surface area contributed by atoms with Crippen molar-refractivity contribution in [2.75, 3.05) is 6.54 Å². The summed E-state index contributed by atoms with van der Waals surface area (Å²) < 4.78 is 6.51. The van der Waals surface area contributed by atoms with Crippen LogP contribution in [0.2, 0.25) is 0 Å². The van der Waals surface area contributed by atoms with Crippen molar-refractivity contribution in [3.05, 3.63) is 75.0 Å². The predicted molar refractivity (Wildman–Crippen MR) is 142 cm³/mol. The number of carboxylic acids is 1. The van der Waals surface area contributed by atoms with Gasteiger partial charge in [-0.15, -0.1) is 11.3 Å². The second-order valence-corrected chi connectivity index (χ2v) is 10.4. The summed E-state index contributed by atoms with van der Waals surface area (Å²) in [4.78, 5) is 24.6. The monoisotopic (exact) mass is 493 g/mol. The third-order valence-electron chi connectivity index (χ3n) is 5.91. The molecule has 0 aliphatic rings. The fourth-order valence-electron chi connectivity index (χ4n) is 4.19. The van der Waals surface area contributed by atoms with Gasteiger partial charge in [-0.25, -0.2) is 0 Å². The number of rotatable bonds is 11. The van der Waals surface area contributed by atoms with Crippen molar-refractivity contribution >= 4 is 23.2 Å². The van der Waals surface area contributed by atoms with Crippen LogP contribution >= 0.6 is 11.3 Å². The normalized spacial score (nSPS) is 11.9. The topological polar surface area (TPSA) is 75.6 Å². The molecule has 186 valence electrons. The zero-order valence-corrected chi connectivity index (χ0v) is 22.0. The van der Waals surface area contributed by atoms with Gasteiger partial charge in [0.25, 0.3) is 5.91 Å². The molecule has 0 aliphatic carbocycles. The zero-order valence-electron chi connectivity index (χ0n) is 21.2. The van der Waals surface area contributed by atoms with Gasteiger partial charge in [-0.3, -0.25) is 9.59 Å². The van der Waals surface area contributed by atoms with E-state index in [0.717, 1.165) is 34.6 Å². The molecule has 1 atom stereocenters. The summed E-state index contributed by atoms with van der Waals surface area (Å²) in [5, 5.41) is 11.4. The molecule has 0 fully saturated rings. The first-order valence-corrected chi connectivity index (χ1v) is 13.0. The van der Waals surface area contributed by atoms with Gasteiger partial charge < -0.3 is 15.2 Å². The average molecular weight is 494 g/mol. The molecule has 1 amide bonds. The summed E-state index contributed by atoms with van der Waals surface area (Å²) in [7, 11) is 0. The lowest BCUT2D eigenvalue weighted by Gasteiger charge is -2.22. The Labute approximate surface area is 212 Å². The van der Waals surface area contributed by atoms with E-state index in [1.165, 1.54) is 28.0 Å². The minimum Gasteiger partial charge on any atom is -0.485 e. The molecule has 3 rings (SSSR count). The number of ether oxygens (including phenoxy) is 1. The van der Waals surface area contributed by atoms with E-state index in [4.69, 9.17) is 9.84 Å². The highest BCUT2D eigenvalue weighted by atomic mass is 32.1. The number of amides is 1. The van der Waals surface area contributed by atoms with Crippen LogP contribution in [0.15, 0.2) is 48.5 Å². The van der Waals surface area contributed by atoms with Crippen LogP contribution in [0.4, 0.5) is 0 Å². The molecule has 0 spiro atoms. The van der Waals surface area contributed by atoms with Crippen LogP contribution in [0.1, 0.15) is 71.0 Å². The van der Waals surface area contributed by atoms with Crippen molar-refractivity contribution in [1.82, 2.24) is 5.32 Å². The molecule has 2 aromatic carbocycles. The van der Waals surface area contributed by atoms with Crippen molar-refractivity contribution in [2.24, 2.45) is 5.92 Å². The molecule has 0 saturated heterocycles. The van der Waals surface area contributed by atoms with Crippen molar-refractivity contribution < 1.29 is 19.4 Å². The molecule has 0 radical (unpaired) electrons. The van der Waals surface area contributed by atoms with Crippen molar-refractivity contribution in [3.63, 3.8) is 0 Å². The molecule has 6 heteroatoms. The molecule has 0 saturated carbocycles. The molecule has 35 heavy (non-hydrogen) atoms. The summed E-state index contributed by atoms with van der Waals surface area (Å²) in [6.07, 6.45) is 1.57. The molecule has 0 aliphatic heterocycles. The van der Waals surface area contributed by atoms with Crippen LogP contribution in [0.3, 0.4) is 0 Å². The zero-order chi connectivity index (χ0) is 25.5. The fourth-order valence-corrected chi connectivity index (χ4v) is 5.15. The first-order chi connectivity index (χ1) is 16.7. The maximum absolute atomic E-state index is 12.4. The minimum absolute atomic E-state index is 0.0967. The van der Waals surface area contributed by atoms with Gasteiger partial charge in [-0.2, -0.15) is 0 Å². The molecule has 5 nitrogen and oxygen atoms in total. The Morgan fingerprint density at radius 3 is 2.26 bits per heavy atom. The maximum Gasteiger partial charge on any atom is 0.305 e. The summed E-state index contributed by atoms with van der Waals surface area (Å²) >= 11 is 1.40. The van der Waals surface area contributed by atoms with E-state index in [1.807, 2.05) is 6.07 Å². The van der Waals surface area contributed by atoms with Gasteiger partial charge in [0.15, 0.2) is 0 Å². The minimum atomic E-state index is -0.933. The molecular formula is C29H35NO4S. The summed E-state index contributed by atoms with van der Waals surface area (Å²) in [5.41, 5.74) is 6.09. The first kappa shape index (κ1) is 26.5. The number of carboxylic acid groups (broad SMARTS) is 1. The Balaban J connectivity index is 1.80. The Kier molecular flexibility index (Phi) is 9.10. The average Bonchev–Trinajstić information content (AvgIpc) is 3.28. The summed E-state index contributed by atoms with van der Waals surface area (Å²) in [5.74, 6) is 0.0435. The number of carbonyl (C=O) groups excluding carboxylic acids is 1. The largest absolute Gasteiger partial charge is 0.485 e. The van der Waals surface area contributed by atoms with E-state index < -0.39 is 5.97 Å². The lowest BCUT2D eigenvalue weighted by Crippen LogP contribution is -2.25. The highest BCUT2D eigenvalue weighted by Crippen LogP contribution is 2.36. The molecule has 0 bridgehead atoms. The second kappa shape index (κ2) is 12.0. The third-order valence-corrected chi connectivity index (χ3v) is 7.09. The van der Waals surface area contributed by atoms with Crippen LogP contribution in [0.5, 0.6) is 5.75 Å². The van der Waals surface area contributed by atoms with Crippen molar-refractivity contribution in [3.8, 4) is 16.9 Å². The number of aryl methyl sites for hydroxylation is 3. The van der Waals surface area contributed by atoms with Gasteiger partial charge >= 0.3 is 5.97 Å². The predicted octanol–water partition coefficient (Wildman–Crippen LogP) is 6.97. The lowest BCUT2D eigenvalue weighted by atomic mass is 9.94. The first-order valence-electron chi connectivity index (χ1n) is 12.1. The van der Waals surface area contributed by atoms with E-state index in [0.29, 0.717) is 10.8 Å². The van der Waals surface area contributed by atoms with Crippen LogP contribution in [0.25, 0.3) is 11.1 Å². The second-order valence-electron chi connectivity index (χ2n) is 9.32. The van der Waals surface area contributed by atoms with Crippen LogP contribution in [-0.2, 0) is 11.2 Å². The standard InChI is InChI=1S/C29H35NO4S/c1-6-21-7-9-22(10-8-21)28-19(4)16-23(17-20(28)5)34-24(15-18(2)3)25-11-12-26(35-25)29(33)30-14-13-27(31)32/h7-12,16-18,24H,6,13-15H2,1-5H3,(H,30,33)(H,31,32)/t24-/m1/s1. The number of thiophene rings is 1. The quantitative estimate of drug-likeness (QED) is 0.303. The molecule has 1 heterocycles. The molecule has 0 unspecified atom stereocenters. The Morgan fingerprint density at radius 1 is 1.03 bits per heavy atom. The van der Waals surface area contributed by atoms with Gasteiger partial charge in [0.2, 0.25) is 0 Å². The smallest absolute Gasteiger partial charge is 0.305 e. The number of benzene rings is 2. The molecule has 1 aromatic heterocycles. The number of nitrogens with one attached hydrogen (secondary N) is 1. The number of aliphatic carboxylic acids is 1. The van der Waals surface area contributed by atoms with Gasteiger partial charge in [-0.1, -0.05) is 45.0 Å². The fraction of sp³-hybridized carbons (Fsp3) is 0.379. The van der Waals surface area contributed by atoms with Crippen molar-refractivity contribution in [2.45, 2.75) is 60.0 Å². The van der Waals surface area contributed by atoms with E-state index in [-0.39, 0.29) is 25.0 Å². The van der Waals surface area contributed by atoms with Crippen molar-refractivity contribution in [1.29, 1.82) is 0 Å². The summed E-state index contributed by atoms with van der Waals surface area (Å²) in [6, 6.07) is 16.6. The Hall–Kier alpha value is -3.12. The van der Waals surface area contributed by atoms with E-state index >= 15 is 0 Å². The molecule has 3 aromatic rings. The lowest BCUT2D eigenvalue weighted by molar-refractivity contribution is -0.136. The molecule has 2 N–H and O–H groups in total.